The first-order chi connectivity index (χ1) is 8.93. The topological polar surface area (TPSA) is 56.5 Å². The minimum absolute atomic E-state index is 0.151. The number of hydrogen-bond donors (Lipinski definition) is 2. The van der Waals surface area contributed by atoms with E-state index in [-0.39, 0.29) is 5.41 Å². The van der Waals surface area contributed by atoms with Gasteiger partial charge in [-0.05, 0) is 36.9 Å². The van der Waals surface area contributed by atoms with Crippen LogP contribution in [-0.4, -0.2) is 27.3 Å². The van der Waals surface area contributed by atoms with Gasteiger partial charge in [-0.15, -0.1) is 0 Å². The van der Waals surface area contributed by atoms with Gasteiger partial charge in [-0.3, -0.25) is 0 Å². The number of ether oxygens (including phenoxy) is 2. The Morgan fingerprint density at radius 1 is 1.16 bits per heavy atom. The molecule has 0 aliphatic heterocycles. The molecule has 108 valence electrons. The van der Waals surface area contributed by atoms with Crippen molar-refractivity contribution >= 4 is 5.69 Å². The van der Waals surface area contributed by atoms with Gasteiger partial charge in [0, 0.05) is 12.6 Å². The van der Waals surface area contributed by atoms with Crippen molar-refractivity contribution in [1.82, 2.24) is 0 Å². The molecule has 19 heavy (non-hydrogen) atoms. The third-order valence-electron chi connectivity index (χ3n) is 3.30. The molecular formula is C15H26N2O2. The minimum Gasteiger partial charge on any atom is -0.496 e. The number of nitrogens with one attached hydrogen (secondary N) is 1. The van der Waals surface area contributed by atoms with Crippen LogP contribution >= 0.6 is 0 Å². The number of benzene rings is 1. The van der Waals surface area contributed by atoms with E-state index in [0.29, 0.717) is 6.54 Å². The molecule has 0 fully saturated rings. The smallest absolute Gasteiger partial charge is 0.142 e. The summed E-state index contributed by atoms with van der Waals surface area (Å²) in [5.41, 5.74) is 7.80. The Balaban J connectivity index is 2.87. The molecule has 0 radical (unpaired) electrons. The van der Waals surface area contributed by atoms with Crippen LogP contribution in [0.5, 0.6) is 11.5 Å². The lowest BCUT2D eigenvalue weighted by Gasteiger charge is -2.25. The van der Waals surface area contributed by atoms with Crippen LogP contribution < -0.4 is 20.5 Å². The second-order valence-corrected chi connectivity index (χ2v) is 5.58. The summed E-state index contributed by atoms with van der Waals surface area (Å²) in [5.74, 6) is 1.70. The molecular weight excluding hydrogens is 240 g/mol. The standard InChI is InChI=1S/C15H26N2O2/c1-11-8-14(19-5)12(9-13(11)18-4)17-10-15(2,3)6-7-16/h8-9,17H,6-7,10,16H2,1-5H3. The Hall–Kier alpha value is -1.42. The van der Waals surface area contributed by atoms with E-state index in [2.05, 4.69) is 19.2 Å². The maximum Gasteiger partial charge on any atom is 0.142 e. The maximum absolute atomic E-state index is 5.63. The Bertz CT molecular complexity index is 417. The van der Waals surface area contributed by atoms with Crippen molar-refractivity contribution in [1.29, 1.82) is 0 Å². The summed E-state index contributed by atoms with van der Waals surface area (Å²) in [7, 11) is 3.36. The lowest BCUT2D eigenvalue weighted by Crippen LogP contribution is -2.26. The number of anilines is 1. The summed E-state index contributed by atoms with van der Waals surface area (Å²) in [6.07, 6.45) is 0.977. The van der Waals surface area contributed by atoms with E-state index in [1.54, 1.807) is 14.2 Å². The Kier molecular flexibility index (Phi) is 5.48. The van der Waals surface area contributed by atoms with Crippen LogP contribution in [0.2, 0.25) is 0 Å². The normalized spacial score (nSPS) is 11.3. The van der Waals surface area contributed by atoms with E-state index >= 15 is 0 Å². The van der Waals surface area contributed by atoms with Crippen LogP contribution in [0.4, 0.5) is 5.69 Å². The highest BCUT2D eigenvalue weighted by Crippen LogP contribution is 2.33. The fraction of sp³-hybridized carbons (Fsp3) is 0.600. The monoisotopic (exact) mass is 266 g/mol. The summed E-state index contributed by atoms with van der Waals surface area (Å²) in [4.78, 5) is 0. The van der Waals surface area contributed by atoms with E-state index in [1.165, 1.54) is 0 Å². The largest absolute Gasteiger partial charge is 0.496 e. The van der Waals surface area contributed by atoms with Gasteiger partial charge < -0.3 is 20.5 Å². The van der Waals surface area contributed by atoms with Gasteiger partial charge in [0.05, 0.1) is 19.9 Å². The first kappa shape index (κ1) is 15.6. The molecule has 0 saturated heterocycles. The van der Waals surface area contributed by atoms with Crippen molar-refractivity contribution in [3.8, 4) is 11.5 Å². The van der Waals surface area contributed by atoms with Gasteiger partial charge in [0.25, 0.3) is 0 Å². The average molecular weight is 266 g/mol. The van der Waals surface area contributed by atoms with Gasteiger partial charge in [-0.1, -0.05) is 13.8 Å². The van der Waals surface area contributed by atoms with Crippen LogP contribution in [0.15, 0.2) is 12.1 Å². The molecule has 0 aliphatic carbocycles. The Morgan fingerprint density at radius 2 is 1.79 bits per heavy atom. The van der Waals surface area contributed by atoms with Gasteiger partial charge >= 0.3 is 0 Å². The molecule has 0 atom stereocenters. The van der Waals surface area contributed by atoms with Gasteiger partial charge in [-0.2, -0.15) is 0 Å². The summed E-state index contributed by atoms with van der Waals surface area (Å²) >= 11 is 0. The van der Waals surface area contributed by atoms with Gasteiger partial charge in [0.2, 0.25) is 0 Å². The van der Waals surface area contributed by atoms with Crippen molar-refractivity contribution in [2.24, 2.45) is 11.1 Å². The first-order valence-corrected chi connectivity index (χ1v) is 6.60. The third-order valence-corrected chi connectivity index (χ3v) is 3.30. The second kappa shape index (κ2) is 6.66. The SMILES string of the molecule is COc1cc(NCC(C)(C)CCN)c(OC)cc1C. The zero-order valence-corrected chi connectivity index (χ0v) is 12.7. The molecule has 0 saturated carbocycles. The van der Waals surface area contributed by atoms with E-state index in [4.69, 9.17) is 15.2 Å². The van der Waals surface area contributed by atoms with Crippen molar-refractivity contribution in [2.75, 3.05) is 32.6 Å². The molecule has 0 spiro atoms. The molecule has 0 amide bonds. The van der Waals surface area contributed by atoms with Crippen LogP contribution in [-0.2, 0) is 0 Å². The summed E-state index contributed by atoms with van der Waals surface area (Å²) in [6.45, 7) is 7.94. The molecule has 0 aliphatic rings. The van der Waals surface area contributed by atoms with E-state index in [9.17, 15) is 0 Å². The molecule has 1 aromatic rings. The molecule has 4 heteroatoms. The van der Waals surface area contributed by atoms with E-state index in [1.807, 2.05) is 19.1 Å². The minimum atomic E-state index is 0.151. The predicted molar refractivity (Wildman–Crippen MR) is 80.2 cm³/mol. The lowest BCUT2D eigenvalue weighted by molar-refractivity contribution is 0.363. The number of nitrogens with two attached hydrogens (primary N) is 1. The Labute approximate surface area is 116 Å². The highest BCUT2D eigenvalue weighted by atomic mass is 16.5. The first-order valence-electron chi connectivity index (χ1n) is 6.60. The number of aryl methyl sites for hydroxylation is 1. The molecule has 1 rings (SSSR count). The van der Waals surface area contributed by atoms with Crippen molar-refractivity contribution in [2.45, 2.75) is 27.2 Å². The van der Waals surface area contributed by atoms with E-state index in [0.717, 1.165) is 35.7 Å². The summed E-state index contributed by atoms with van der Waals surface area (Å²) in [6, 6.07) is 3.96. The lowest BCUT2D eigenvalue weighted by atomic mass is 9.89. The highest BCUT2D eigenvalue weighted by molar-refractivity contribution is 5.62. The van der Waals surface area contributed by atoms with Crippen LogP contribution in [0, 0.1) is 12.3 Å². The molecule has 4 nitrogen and oxygen atoms in total. The summed E-state index contributed by atoms with van der Waals surface area (Å²) in [5, 5.41) is 3.43. The second-order valence-electron chi connectivity index (χ2n) is 5.58. The molecule has 0 heterocycles. The quantitative estimate of drug-likeness (QED) is 0.797. The summed E-state index contributed by atoms with van der Waals surface area (Å²) < 4.78 is 10.8. The fourth-order valence-corrected chi connectivity index (χ4v) is 2.00. The fourth-order valence-electron chi connectivity index (χ4n) is 2.00. The van der Waals surface area contributed by atoms with Crippen molar-refractivity contribution in [3.05, 3.63) is 17.7 Å². The molecule has 0 unspecified atom stereocenters. The highest BCUT2D eigenvalue weighted by Gasteiger charge is 2.18. The predicted octanol–water partition coefficient (Wildman–Crippen LogP) is 2.80. The van der Waals surface area contributed by atoms with Gasteiger partial charge in [0.15, 0.2) is 0 Å². The zero-order chi connectivity index (χ0) is 14.5. The molecule has 1 aromatic carbocycles. The number of hydrogen-bond acceptors (Lipinski definition) is 4. The van der Waals surface area contributed by atoms with Crippen LogP contribution in [0.3, 0.4) is 0 Å². The average Bonchev–Trinajstić information content (AvgIpc) is 2.36. The van der Waals surface area contributed by atoms with Crippen molar-refractivity contribution < 1.29 is 9.47 Å². The molecule has 0 bridgehead atoms. The van der Waals surface area contributed by atoms with Crippen LogP contribution in [0.1, 0.15) is 25.8 Å². The van der Waals surface area contributed by atoms with E-state index < -0.39 is 0 Å². The Morgan fingerprint density at radius 3 is 2.32 bits per heavy atom. The van der Waals surface area contributed by atoms with Gasteiger partial charge in [0.1, 0.15) is 11.5 Å². The number of rotatable bonds is 7. The maximum atomic E-state index is 5.63. The zero-order valence-electron chi connectivity index (χ0n) is 12.7. The number of methoxy groups -OCH3 is 2. The third kappa shape index (κ3) is 4.31. The van der Waals surface area contributed by atoms with Crippen LogP contribution in [0.25, 0.3) is 0 Å². The van der Waals surface area contributed by atoms with Gasteiger partial charge in [-0.25, -0.2) is 0 Å². The van der Waals surface area contributed by atoms with Crippen molar-refractivity contribution in [3.63, 3.8) is 0 Å². The molecule has 0 aromatic heterocycles. The molecule has 3 N–H and O–H groups in total.